The average Bonchev–Trinajstić information content (AvgIpc) is 3.21. The molecule has 8 heteroatoms. The highest BCUT2D eigenvalue weighted by Gasteiger charge is 2.15. The number of nitrogens with one attached hydrogen (secondary N) is 2. The molecule has 4 rings (SSSR count). The van der Waals surface area contributed by atoms with Gasteiger partial charge in [0.2, 0.25) is 5.16 Å². The van der Waals surface area contributed by atoms with Crippen LogP contribution in [0.4, 0.5) is 5.69 Å². The Hall–Kier alpha value is -3.00. The standard InChI is InChI=1S/C20H20N4O3S/c1-2-18-22-20(24-23-18)28-12-13-3-6-15(7-4-13)21-19(25)14-5-8-16-17(11-14)27-10-9-26-16/h3-8,11H,2,9-10,12H2,1H3,(H,21,25)(H,22,23,24). The summed E-state index contributed by atoms with van der Waals surface area (Å²) in [5.74, 6) is 2.73. The van der Waals surface area contributed by atoms with Gasteiger partial charge in [-0.15, -0.1) is 5.10 Å². The summed E-state index contributed by atoms with van der Waals surface area (Å²) in [7, 11) is 0. The van der Waals surface area contributed by atoms with Crippen molar-refractivity contribution >= 4 is 23.4 Å². The number of hydrogen-bond acceptors (Lipinski definition) is 6. The molecule has 3 aromatic rings. The van der Waals surface area contributed by atoms with E-state index in [9.17, 15) is 4.79 Å². The van der Waals surface area contributed by atoms with Crippen LogP contribution in [0.1, 0.15) is 28.7 Å². The van der Waals surface area contributed by atoms with Gasteiger partial charge in [-0.3, -0.25) is 9.89 Å². The second-order valence-corrected chi connectivity index (χ2v) is 7.16. The normalized spacial score (nSPS) is 12.6. The van der Waals surface area contributed by atoms with Crippen molar-refractivity contribution in [3.8, 4) is 11.5 Å². The van der Waals surface area contributed by atoms with Crippen LogP contribution in [0.3, 0.4) is 0 Å². The zero-order valence-corrected chi connectivity index (χ0v) is 16.2. The molecule has 2 N–H and O–H groups in total. The Morgan fingerprint density at radius 1 is 1.14 bits per heavy atom. The van der Waals surface area contributed by atoms with Crippen LogP contribution in [0.5, 0.6) is 11.5 Å². The minimum Gasteiger partial charge on any atom is -0.486 e. The molecule has 0 bridgehead atoms. The first-order chi connectivity index (χ1) is 13.7. The topological polar surface area (TPSA) is 89.1 Å². The van der Waals surface area contributed by atoms with E-state index >= 15 is 0 Å². The molecule has 0 radical (unpaired) electrons. The van der Waals surface area contributed by atoms with Crippen molar-refractivity contribution < 1.29 is 14.3 Å². The first-order valence-electron chi connectivity index (χ1n) is 9.05. The Morgan fingerprint density at radius 2 is 1.93 bits per heavy atom. The number of thioether (sulfide) groups is 1. The first kappa shape index (κ1) is 18.4. The van der Waals surface area contributed by atoms with Gasteiger partial charge in [-0.05, 0) is 35.9 Å². The van der Waals surface area contributed by atoms with Gasteiger partial charge >= 0.3 is 0 Å². The summed E-state index contributed by atoms with van der Waals surface area (Å²) in [5.41, 5.74) is 2.39. The number of fused-ring (bicyclic) bond motifs is 1. The third kappa shape index (κ3) is 4.28. The fourth-order valence-corrected chi connectivity index (χ4v) is 3.49. The molecule has 0 saturated carbocycles. The maximum atomic E-state index is 12.5. The molecule has 1 aliphatic heterocycles. The molecule has 1 aromatic heterocycles. The van der Waals surface area contributed by atoms with Crippen LogP contribution < -0.4 is 14.8 Å². The van der Waals surface area contributed by atoms with Crippen molar-refractivity contribution in [2.24, 2.45) is 0 Å². The molecule has 1 amide bonds. The van der Waals surface area contributed by atoms with Crippen molar-refractivity contribution in [3.63, 3.8) is 0 Å². The van der Waals surface area contributed by atoms with E-state index < -0.39 is 0 Å². The smallest absolute Gasteiger partial charge is 0.255 e. The number of aromatic amines is 1. The lowest BCUT2D eigenvalue weighted by molar-refractivity contribution is 0.102. The third-order valence-electron chi connectivity index (χ3n) is 4.23. The summed E-state index contributed by atoms with van der Waals surface area (Å²) in [4.78, 5) is 16.9. The van der Waals surface area contributed by atoms with Crippen LogP contribution in [0.15, 0.2) is 47.6 Å². The monoisotopic (exact) mass is 396 g/mol. The Labute approximate surface area is 166 Å². The van der Waals surface area contributed by atoms with Crippen molar-refractivity contribution in [1.82, 2.24) is 15.2 Å². The number of hydrogen-bond donors (Lipinski definition) is 2. The van der Waals surface area contributed by atoms with Gasteiger partial charge in [-0.1, -0.05) is 30.8 Å². The maximum absolute atomic E-state index is 12.5. The van der Waals surface area contributed by atoms with Crippen LogP contribution >= 0.6 is 11.8 Å². The molecule has 2 aromatic carbocycles. The zero-order chi connectivity index (χ0) is 19.3. The molecule has 0 saturated heterocycles. The van der Waals surface area contributed by atoms with Crippen LogP contribution in [-0.2, 0) is 12.2 Å². The van der Waals surface area contributed by atoms with E-state index in [1.807, 2.05) is 31.2 Å². The predicted molar refractivity (Wildman–Crippen MR) is 107 cm³/mol. The minimum absolute atomic E-state index is 0.188. The Kier molecular flexibility index (Phi) is 5.48. The van der Waals surface area contributed by atoms with Gasteiger partial charge in [0.05, 0.1) is 0 Å². The Balaban J connectivity index is 1.35. The van der Waals surface area contributed by atoms with E-state index in [1.54, 1.807) is 30.0 Å². The number of anilines is 1. The summed E-state index contributed by atoms with van der Waals surface area (Å²) in [6, 6.07) is 12.9. The van der Waals surface area contributed by atoms with Gasteiger partial charge in [-0.25, -0.2) is 4.98 Å². The van der Waals surface area contributed by atoms with Crippen molar-refractivity contribution in [3.05, 3.63) is 59.4 Å². The molecule has 0 aliphatic carbocycles. The summed E-state index contributed by atoms with van der Waals surface area (Å²) >= 11 is 1.57. The van der Waals surface area contributed by atoms with Gasteiger partial charge in [-0.2, -0.15) is 0 Å². The van der Waals surface area contributed by atoms with E-state index in [4.69, 9.17) is 9.47 Å². The number of carbonyl (C=O) groups excluding carboxylic acids is 1. The van der Waals surface area contributed by atoms with E-state index in [-0.39, 0.29) is 5.91 Å². The van der Waals surface area contributed by atoms with Crippen LogP contribution in [0, 0.1) is 0 Å². The van der Waals surface area contributed by atoms with Crippen LogP contribution in [0.25, 0.3) is 0 Å². The minimum atomic E-state index is -0.188. The SMILES string of the molecule is CCc1nc(SCc2ccc(NC(=O)c3ccc4c(c3)OCCO4)cc2)n[nH]1. The molecule has 0 unspecified atom stereocenters. The maximum Gasteiger partial charge on any atom is 0.255 e. The molecule has 0 spiro atoms. The summed E-state index contributed by atoms with van der Waals surface area (Å²) in [6.07, 6.45) is 0.839. The summed E-state index contributed by atoms with van der Waals surface area (Å²) < 4.78 is 11.0. The highest BCUT2D eigenvalue weighted by Crippen LogP contribution is 2.31. The number of carbonyl (C=O) groups is 1. The lowest BCUT2D eigenvalue weighted by Crippen LogP contribution is -2.17. The largest absolute Gasteiger partial charge is 0.486 e. The zero-order valence-electron chi connectivity index (χ0n) is 15.4. The Bertz CT molecular complexity index is 972. The third-order valence-corrected chi connectivity index (χ3v) is 5.15. The van der Waals surface area contributed by atoms with E-state index in [0.29, 0.717) is 30.3 Å². The molecular formula is C20H20N4O3S. The molecule has 28 heavy (non-hydrogen) atoms. The van der Waals surface area contributed by atoms with Crippen LogP contribution in [0.2, 0.25) is 0 Å². The quantitative estimate of drug-likeness (QED) is 0.618. The number of rotatable bonds is 6. The highest BCUT2D eigenvalue weighted by atomic mass is 32.2. The van der Waals surface area contributed by atoms with Crippen molar-refractivity contribution in [2.75, 3.05) is 18.5 Å². The van der Waals surface area contributed by atoms with Gasteiger partial charge in [0, 0.05) is 23.4 Å². The number of ether oxygens (including phenoxy) is 2. The molecule has 2 heterocycles. The van der Waals surface area contributed by atoms with E-state index in [2.05, 4.69) is 20.5 Å². The average molecular weight is 396 g/mol. The lowest BCUT2D eigenvalue weighted by Gasteiger charge is -2.18. The molecule has 1 aliphatic rings. The highest BCUT2D eigenvalue weighted by molar-refractivity contribution is 7.98. The number of H-pyrrole nitrogens is 1. The summed E-state index contributed by atoms with van der Waals surface area (Å²) in [5, 5.41) is 10.7. The molecule has 144 valence electrons. The fraction of sp³-hybridized carbons (Fsp3) is 0.250. The molecule has 0 fully saturated rings. The first-order valence-corrected chi connectivity index (χ1v) is 10.0. The molecule has 7 nitrogen and oxygen atoms in total. The Morgan fingerprint density at radius 3 is 2.68 bits per heavy atom. The van der Waals surface area contributed by atoms with Crippen molar-refractivity contribution in [1.29, 1.82) is 0 Å². The number of aromatic nitrogens is 3. The predicted octanol–water partition coefficient (Wildman–Crippen LogP) is 3.68. The number of nitrogens with zero attached hydrogens (tertiary/aromatic N) is 2. The summed E-state index contributed by atoms with van der Waals surface area (Å²) in [6.45, 7) is 3.05. The number of amides is 1. The van der Waals surface area contributed by atoms with Crippen LogP contribution in [-0.4, -0.2) is 34.3 Å². The second-order valence-electron chi connectivity index (χ2n) is 6.22. The van der Waals surface area contributed by atoms with Gasteiger partial charge in [0.15, 0.2) is 11.5 Å². The fourth-order valence-electron chi connectivity index (χ4n) is 2.72. The molecular weight excluding hydrogens is 376 g/mol. The number of aryl methyl sites for hydroxylation is 1. The van der Waals surface area contributed by atoms with Gasteiger partial charge in [0.1, 0.15) is 19.0 Å². The van der Waals surface area contributed by atoms with Gasteiger partial charge < -0.3 is 14.8 Å². The van der Waals surface area contributed by atoms with E-state index in [1.165, 1.54) is 0 Å². The van der Waals surface area contributed by atoms with E-state index in [0.717, 1.165) is 34.4 Å². The molecule has 0 atom stereocenters. The lowest BCUT2D eigenvalue weighted by atomic mass is 10.1. The van der Waals surface area contributed by atoms with Gasteiger partial charge in [0.25, 0.3) is 5.91 Å². The van der Waals surface area contributed by atoms with Crippen molar-refractivity contribution in [2.45, 2.75) is 24.3 Å². The number of benzene rings is 2. The second kappa shape index (κ2) is 8.35.